The Balaban J connectivity index is 1.75. The molecule has 1 rings (SSSR count). The van der Waals surface area contributed by atoms with Crippen LogP contribution in [-0.4, -0.2) is 151 Å². The average Bonchev–Trinajstić information content (AvgIpc) is 3.12. The van der Waals surface area contributed by atoms with Crippen molar-refractivity contribution in [1.82, 2.24) is 0 Å². The Morgan fingerprint density at radius 1 is 0.360 bits per heavy atom. The second-order valence-electron chi connectivity index (χ2n) is 9.57. The van der Waals surface area contributed by atoms with Gasteiger partial charge in [-0.3, -0.25) is 9.59 Å². The summed E-state index contributed by atoms with van der Waals surface area (Å²) in [5, 5.41) is 0. The molecule has 0 aromatic heterocycles. The largest absolute Gasteiger partial charge is 0.469 e. The Morgan fingerprint density at radius 3 is 0.840 bits per heavy atom. The zero-order chi connectivity index (χ0) is 36.7. The minimum absolute atomic E-state index is 0.0757. The van der Waals surface area contributed by atoms with Crippen LogP contribution in [0.4, 0.5) is 22.0 Å². The predicted molar refractivity (Wildman–Crippen MR) is 161 cm³/mol. The van der Waals surface area contributed by atoms with Crippen LogP contribution >= 0.6 is 0 Å². The highest BCUT2D eigenvalue weighted by atomic mass is 19.2. The molecule has 1 aromatic rings. The summed E-state index contributed by atoms with van der Waals surface area (Å²) in [6, 6.07) is 0. The molecule has 0 aliphatic heterocycles. The molecule has 0 aliphatic carbocycles. The SMILES string of the molecule is COC(=O)CCOCCOCCOCCOCCOCCOCCOCCOCCOCCOCCC(=O)Oc1c(F)c(F)c(F)c(F)c1F. The Bertz CT molecular complexity index is 1010. The molecule has 0 aliphatic rings. The highest BCUT2D eigenvalue weighted by Crippen LogP contribution is 2.29. The first kappa shape index (κ1) is 45.4. The van der Waals surface area contributed by atoms with Crippen LogP contribution in [0.5, 0.6) is 5.75 Å². The summed E-state index contributed by atoms with van der Waals surface area (Å²) in [5.74, 6) is -14.5. The third-order valence-electron chi connectivity index (χ3n) is 5.86. The molecule has 50 heavy (non-hydrogen) atoms. The van der Waals surface area contributed by atoms with Gasteiger partial charge in [0.05, 0.1) is 152 Å². The van der Waals surface area contributed by atoms with E-state index in [9.17, 15) is 31.5 Å². The fraction of sp³-hybridized carbons (Fsp3) is 0.742. The number of methoxy groups -OCH3 is 1. The van der Waals surface area contributed by atoms with E-state index in [2.05, 4.69) is 9.47 Å². The summed E-state index contributed by atoms with van der Waals surface area (Å²) in [7, 11) is 1.33. The van der Waals surface area contributed by atoms with Crippen molar-refractivity contribution < 1.29 is 88.4 Å². The van der Waals surface area contributed by atoms with Gasteiger partial charge in [0.1, 0.15) is 0 Å². The lowest BCUT2D eigenvalue weighted by atomic mass is 10.2. The Labute approximate surface area is 287 Å². The smallest absolute Gasteiger partial charge is 0.313 e. The molecule has 1 aromatic carbocycles. The summed E-state index contributed by atoms with van der Waals surface area (Å²) in [6.45, 7) is 6.69. The fourth-order valence-corrected chi connectivity index (χ4v) is 3.33. The van der Waals surface area contributed by atoms with Crippen molar-refractivity contribution in [2.75, 3.05) is 139 Å². The zero-order valence-corrected chi connectivity index (χ0v) is 28.2. The minimum atomic E-state index is -2.35. The number of esters is 2. The molecule has 0 atom stereocenters. The van der Waals surface area contributed by atoms with Gasteiger partial charge in [-0.25, -0.2) is 13.2 Å². The van der Waals surface area contributed by atoms with Crippen LogP contribution < -0.4 is 4.74 Å². The first-order chi connectivity index (χ1) is 24.3. The van der Waals surface area contributed by atoms with Crippen molar-refractivity contribution in [2.24, 2.45) is 0 Å². The molecule has 0 radical (unpaired) electrons. The van der Waals surface area contributed by atoms with E-state index in [1.807, 2.05) is 0 Å². The molecule has 0 fully saturated rings. The van der Waals surface area contributed by atoms with Crippen LogP contribution in [-0.2, 0) is 61.7 Å². The molecule has 0 unspecified atom stereocenters. The van der Waals surface area contributed by atoms with Crippen molar-refractivity contribution >= 4 is 11.9 Å². The molecule has 0 saturated heterocycles. The van der Waals surface area contributed by atoms with Gasteiger partial charge in [0.15, 0.2) is 0 Å². The van der Waals surface area contributed by atoms with E-state index in [0.29, 0.717) is 106 Å². The minimum Gasteiger partial charge on any atom is -0.469 e. The Morgan fingerprint density at radius 2 is 0.580 bits per heavy atom. The van der Waals surface area contributed by atoms with Crippen LogP contribution in [0, 0.1) is 29.1 Å². The maximum atomic E-state index is 13.5. The van der Waals surface area contributed by atoms with Crippen LogP contribution in [0.1, 0.15) is 12.8 Å². The normalized spacial score (nSPS) is 11.3. The van der Waals surface area contributed by atoms with Gasteiger partial charge in [-0.05, 0) is 0 Å². The first-order valence-corrected chi connectivity index (χ1v) is 15.9. The van der Waals surface area contributed by atoms with Crippen molar-refractivity contribution in [3.8, 4) is 5.75 Å². The van der Waals surface area contributed by atoms with E-state index in [1.54, 1.807) is 0 Å². The topological polar surface area (TPSA) is 145 Å². The number of ether oxygens (including phenoxy) is 12. The standard InChI is InChI=1S/C31H47F5O14/c1-39-24(37)2-4-40-6-8-42-10-12-44-14-16-46-18-20-48-22-23-49-21-19-47-17-15-45-13-11-43-9-7-41-5-3-25(38)50-31-29(35)27(33)26(32)28(34)30(31)36/h2-23H2,1H3. The van der Waals surface area contributed by atoms with Gasteiger partial charge in [0.2, 0.25) is 34.8 Å². The van der Waals surface area contributed by atoms with Gasteiger partial charge in [0.25, 0.3) is 0 Å². The molecule has 0 amide bonds. The number of hydrogen-bond acceptors (Lipinski definition) is 14. The van der Waals surface area contributed by atoms with Crippen molar-refractivity contribution in [3.05, 3.63) is 29.1 Å². The maximum absolute atomic E-state index is 13.5. The van der Waals surface area contributed by atoms with E-state index >= 15 is 0 Å². The summed E-state index contributed by atoms with van der Waals surface area (Å²) in [6.07, 6.45) is -0.272. The summed E-state index contributed by atoms with van der Waals surface area (Å²) < 4.78 is 129. The summed E-state index contributed by atoms with van der Waals surface area (Å²) >= 11 is 0. The molecule has 0 bridgehead atoms. The van der Waals surface area contributed by atoms with E-state index in [1.165, 1.54) is 7.11 Å². The number of hydrogen-bond donors (Lipinski definition) is 0. The van der Waals surface area contributed by atoms with E-state index in [0.717, 1.165) is 0 Å². The lowest BCUT2D eigenvalue weighted by Gasteiger charge is -2.09. The van der Waals surface area contributed by atoms with Gasteiger partial charge in [-0.15, -0.1) is 0 Å². The molecular weight excluding hydrogens is 691 g/mol. The highest BCUT2D eigenvalue weighted by Gasteiger charge is 2.28. The lowest BCUT2D eigenvalue weighted by Crippen LogP contribution is -2.16. The highest BCUT2D eigenvalue weighted by molar-refractivity contribution is 5.72. The third-order valence-corrected chi connectivity index (χ3v) is 5.86. The number of carbonyl (C=O) groups excluding carboxylic acids is 2. The Kier molecular flexibility index (Phi) is 28.3. The third kappa shape index (κ3) is 23.0. The van der Waals surface area contributed by atoms with Crippen LogP contribution in [0.2, 0.25) is 0 Å². The van der Waals surface area contributed by atoms with Crippen molar-refractivity contribution in [3.63, 3.8) is 0 Å². The zero-order valence-electron chi connectivity index (χ0n) is 28.2. The van der Waals surface area contributed by atoms with E-state index in [4.69, 9.17) is 47.4 Å². The summed E-state index contributed by atoms with van der Waals surface area (Å²) in [4.78, 5) is 22.5. The molecule has 290 valence electrons. The van der Waals surface area contributed by atoms with E-state index < -0.39 is 47.2 Å². The van der Waals surface area contributed by atoms with Gasteiger partial charge < -0.3 is 56.8 Å². The number of benzene rings is 1. The second-order valence-corrected chi connectivity index (χ2v) is 9.57. The Hall–Kier alpha value is -2.59. The second kappa shape index (κ2) is 31.2. The van der Waals surface area contributed by atoms with Gasteiger partial charge in [-0.1, -0.05) is 0 Å². The molecule has 19 heteroatoms. The predicted octanol–water partition coefficient (Wildman–Crippen LogP) is 2.41. The average molecular weight is 739 g/mol. The number of rotatable bonds is 34. The van der Waals surface area contributed by atoms with Crippen LogP contribution in [0.25, 0.3) is 0 Å². The van der Waals surface area contributed by atoms with Gasteiger partial charge in [-0.2, -0.15) is 8.78 Å². The molecule has 0 heterocycles. The van der Waals surface area contributed by atoms with Crippen molar-refractivity contribution in [1.29, 1.82) is 0 Å². The number of carbonyl (C=O) groups is 2. The molecule has 0 N–H and O–H groups in total. The first-order valence-electron chi connectivity index (χ1n) is 15.9. The number of halogens is 5. The quantitative estimate of drug-likeness (QED) is 0.0255. The summed E-state index contributed by atoms with van der Waals surface area (Å²) in [5.41, 5.74) is 0. The maximum Gasteiger partial charge on any atom is 0.313 e. The van der Waals surface area contributed by atoms with Crippen molar-refractivity contribution in [2.45, 2.75) is 12.8 Å². The molecule has 0 spiro atoms. The van der Waals surface area contributed by atoms with Gasteiger partial charge in [0, 0.05) is 0 Å². The van der Waals surface area contributed by atoms with E-state index in [-0.39, 0.29) is 38.8 Å². The lowest BCUT2D eigenvalue weighted by molar-refractivity contribution is -0.142. The van der Waals surface area contributed by atoms with Crippen LogP contribution in [0.3, 0.4) is 0 Å². The monoisotopic (exact) mass is 738 g/mol. The van der Waals surface area contributed by atoms with Gasteiger partial charge >= 0.3 is 11.9 Å². The molecular formula is C31H47F5O14. The molecule has 0 saturated carbocycles. The molecule has 14 nitrogen and oxygen atoms in total. The fourth-order valence-electron chi connectivity index (χ4n) is 3.33. The van der Waals surface area contributed by atoms with Crippen LogP contribution in [0.15, 0.2) is 0 Å².